The van der Waals surface area contributed by atoms with Gasteiger partial charge in [-0.3, -0.25) is 9.69 Å². The van der Waals surface area contributed by atoms with E-state index >= 15 is 0 Å². The number of hydrogen-bond acceptors (Lipinski definition) is 5. The Labute approximate surface area is 156 Å². The van der Waals surface area contributed by atoms with E-state index in [-0.39, 0.29) is 18.5 Å². The van der Waals surface area contributed by atoms with Crippen LogP contribution in [0.2, 0.25) is 0 Å². The molecule has 0 radical (unpaired) electrons. The van der Waals surface area contributed by atoms with Gasteiger partial charge in [0.2, 0.25) is 5.91 Å². The summed E-state index contributed by atoms with van der Waals surface area (Å²) >= 11 is 0. The number of anilines is 1. The molecule has 1 aliphatic rings. The third-order valence-electron chi connectivity index (χ3n) is 5.03. The van der Waals surface area contributed by atoms with Gasteiger partial charge in [-0.05, 0) is 30.5 Å². The molecule has 3 aromatic rings. The molecule has 0 aliphatic carbocycles. The summed E-state index contributed by atoms with van der Waals surface area (Å²) in [5, 5.41) is 12.7. The number of halogens is 1. The number of nitrogens with one attached hydrogen (secondary N) is 1. The summed E-state index contributed by atoms with van der Waals surface area (Å²) < 4.78 is 14.2. The first-order chi connectivity index (χ1) is 13.1. The van der Waals surface area contributed by atoms with Crippen molar-refractivity contribution >= 4 is 22.5 Å². The summed E-state index contributed by atoms with van der Waals surface area (Å²) in [5.41, 5.74) is 1.91. The van der Waals surface area contributed by atoms with Crippen LogP contribution in [0.15, 0.2) is 36.7 Å². The maximum atomic E-state index is 12.5. The number of rotatable bonds is 5. The topological polar surface area (TPSA) is 75.9 Å². The summed E-state index contributed by atoms with van der Waals surface area (Å²) in [5.74, 6) is 0.341. The van der Waals surface area contributed by atoms with Crippen molar-refractivity contribution in [2.45, 2.75) is 6.42 Å². The van der Waals surface area contributed by atoms with Crippen LogP contribution in [0.1, 0.15) is 6.42 Å². The van der Waals surface area contributed by atoms with Crippen LogP contribution in [-0.4, -0.2) is 57.1 Å². The van der Waals surface area contributed by atoms with Crippen molar-refractivity contribution < 1.29 is 9.18 Å². The Balaban J connectivity index is 1.52. The maximum Gasteiger partial charge on any atom is 0.229 e. The van der Waals surface area contributed by atoms with Crippen molar-refractivity contribution in [1.82, 2.24) is 24.9 Å². The van der Waals surface area contributed by atoms with E-state index < -0.39 is 0 Å². The normalized spacial score (nSPS) is 17.5. The van der Waals surface area contributed by atoms with E-state index in [4.69, 9.17) is 0 Å². The first-order valence-electron chi connectivity index (χ1n) is 8.98. The summed E-state index contributed by atoms with van der Waals surface area (Å²) in [6, 6.07) is 7.89. The van der Waals surface area contributed by atoms with Crippen LogP contribution in [0.4, 0.5) is 10.2 Å². The summed E-state index contributed by atoms with van der Waals surface area (Å²) in [6.45, 7) is 1.37. The number of pyridine rings is 1. The number of alkyl halides is 1. The smallest absolute Gasteiger partial charge is 0.229 e. The van der Waals surface area contributed by atoms with E-state index in [2.05, 4.69) is 20.6 Å². The molecule has 1 aliphatic heterocycles. The molecule has 4 rings (SSSR count). The Morgan fingerprint density at radius 2 is 2.19 bits per heavy atom. The quantitative estimate of drug-likeness (QED) is 0.748. The summed E-state index contributed by atoms with van der Waals surface area (Å²) in [6.07, 6.45) is 4.21. The van der Waals surface area contributed by atoms with Crippen LogP contribution in [0.25, 0.3) is 22.0 Å². The highest BCUT2D eigenvalue weighted by molar-refractivity contribution is 5.95. The molecule has 7 nitrogen and oxygen atoms in total. The average molecular weight is 368 g/mol. The molecule has 1 saturated heterocycles. The number of benzene rings is 1. The van der Waals surface area contributed by atoms with Gasteiger partial charge in [0.25, 0.3) is 0 Å². The van der Waals surface area contributed by atoms with Crippen LogP contribution in [0.3, 0.4) is 0 Å². The second-order valence-electron chi connectivity index (χ2n) is 6.84. The highest BCUT2D eigenvalue weighted by Gasteiger charge is 2.28. The van der Waals surface area contributed by atoms with Crippen LogP contribution in [0, 0.1) is 5.92 Å². The van der Waals surface area contributed by atoms with Gasteiger partial charge < -0.3 is 5.32 Å². The van der Waals surface area contributed by atoms with Gasteiger partial charge in [0.05, 0.1) is 17.8 Å². The van der Waals surface area contributed by atoms with Crippen LogP contribution >= 0.6 is 0 Å². The maximum absolute atomic E-state index is 12.5. The molecule has 1 aromatic carbocycles. The molecule has 0 bridgehead atoms. The fourth-order valence-corrected chi connectivity index (χ4v) is 3.52. The highest BCUT2D eigenvalue weighted by atomic mass is 19.1. The Morgan fingerprint density at radius 1 is 1.30 bits per heavy atom. The first kappa shape index (κ1) is 17.5. The lowest BCUT2D eigenvalue weighted by Gasteiger charge is -2.14. The summed E-state index contributed by atoms with van der Waals surface area (Å²) in [4.78, 5) is 18.8. The third kappa shape index (κ3) is 3.66. The second-order valence-corrected chi connectivity index (χ2v) is 6.84. The Morgan fingerprint density at radius 3 is 2.96 bits per heavy atom. The van der Waals surface area contributed by atoms with Crippen molar-refractivity contribution in [3.63, 3.8) is 0 Å². The fraction of sp³-hybridized carbons (Fsp3) is 0.368. The molecule has 1 amide bonds. The molecule has 0 spiro atoms. The minimum absolute atomic E-state index is 0.0600. The SMILES string of the molecule is Cn1nncc1-c1ccc2cnc(NC(=O)C3CCN(CCF)C3)cc2c1. The van der Waals surface area contributed by atoms with E-state index in [1.807, 2.05) is 36.2 Å². The number of likely N-dealkylation sites (tertiary alicyclic amines) is 1. The Kier molecular flexibility index (Phi) is 4.81. The van der Waals surface area contributed by atoms with Crippen molar-refractivity contribution in [3.05, 3.63) is 36.7 Å². The van der Waals surface area contributed by atoms with E-state index in [0.717, 1.165) is 35.0 Å². The van der Waals surface area contributed by atoms with Gasteiger partial charge in [-0.25, -0.2) is 14.1 Å². The van der Waals surface area contributed by atoms with Crippen LogP contribution < -0.4 is 5.32 Å². The van der Waals surface area contributed by atoms with E-state index in [1.54, 1.807) is 17.1 Å². The number of amides is 1. The van der Waals surface area contributed by atoms with E-state index in [1.165, 1.54) is 0 Å². The Hall–Kier alpha value is -2.87. The monoisotopic (exact) mass is 368 g/mol. The zero-order valence-corrected chi connectivity index (χ0v) is 15.1. The van der Waals surface area contributed by atoms with Gasteiger partial charge in [-0.15, -0.1) is 5.10 Å². The van der Waals surface area contributed by atoms with Crippen molar-refractivity contribution in [2.24, 2.45) is 13.0 Å². The number of aromatic nitrogens is 4. The van der Waals surface area contributed by atoms with E-state index in [0.29, 0.717) is 18.9 Å². The molecular formula is C19H21FN6O. The predicted octanol–water partition coefficient (Wildman–Crippen LogP) is 2.26. The molecule has 8 heteroatoms. The summed E-state index contributed by atoms with van der Waals surface area (Å²) in [7, 11) is 1.85. The molecular weight excluding hydrogens is 347 g/mol. The lowest BCUT2D eigenvalue weighted by molar-refractivity contribution is -0.119. The highest BCUT2D eigenvalue weighted by Crippen LogP contribution is 2.25. The van der Waals surface area contributed by atoms with Crippen molar-refractivity contribution in [3.8, 4) is 11.3 Å². The molecule has 1 N–H and O–H groups in total. The van der Waals surface area contributed by atoms with Gasteiger partial charge in [0, 0.05) is 37.3 Å². The largest absolute Gasteiger partial charge is 0.310 e. The zero-order valence-electron chi connectivity index (χ0n) is 15.1. The number of nitrogens with zero attached hydrogens (tertiary/aromatic N) is 5. The standard InChI is InChI=1S/C19H21FN6O/c1-25-17(11-22-24-25)13-2-3-14-10-21-18(9-16(14)8-13)23-19(27)15-4-6-26(12-15)7-5-20/h2-3,8-11,15H,4-7,12H2,1H3,(H,21,23,27). The number of fused-ring (bicyclic) bond motifs is 1. The van der Waals surface area contributed by atoms with Crippen LogP contribution in [0.5, 0.6) is 0 Å². The van der Waals surface area contributed by atoms with Gasteiger partial charge in [0.1, 0.15) is 12.5 Å². The van der Waals surface area contributed by atoms with Gasteiger partial charge >= 0.3 is 0 Å². The lowest BCUT2D eigenvalue weighted by atomic mass is 10.1. The van der Waals surface area contributed by atoms with Gasteiger partial charge in [-0.2, -0.15) is 0 Å². The molecule has 0 saturated carbocycles. The minimum atomic E-state index is -0.380. The zero-order chi connectivity index (χ0) is 18.8. The molecule has 1 fully saturated rings. The predicted molar refractivity (Wildman–Crippen MR) is 101 cm³/mol. The molecule has 27 heavy (non-hydrogen) atoms. The third-order valence-corrected chi connectivity index (χ3v) is 5.03. The number of hydrogen-bond donors (Lipinski definition) is 1. The van der Waals surface area contributed by atoms with E-state index in [9.17, 15) is 9.18 Å². The molecule has 2 aromatic heterocycles. The average Bonchev–Trinajstić information content (AvgIpc) is 3.30. The molecule has 3 heterocycles. The number of aryl methyl sites for hydroxylation is 1. The molecule has 1 atom stereocenters. The first-order valence-corrected chi connectivity index (χ1v) is 8.98. The van der Waals surface area contributed by atoms with Crippen LogP contribution in [-0.2, 0) is 11.8 Å². The second kappa shape index (κ2) is 7.40. The number of carbonyl (C=O) groups excluding carboxylic acids is 1. The fourth-order valence-electron chi connectivity index (χ4n) is 3.52. The lowest BCUT2D eigenvalue weighted by Crippen LogP contribution is -2.28. The van der Waals surface area contributed by atoms with Gasteiger partial charge in [-0.1, -0.05) is 17.3 Å². The molecule has 140 valence electrons. The van der Waals surface area contributed by atoms with Crippen molar-refractivity contribution in [1.29, 1.82) is 0 Å². The molecule has 1 unspecified atom stereocenters. The van der Waals surface area contributed by atoms with Gasteiger partial charge in [0.15, 0.2) is 0 Å². The Bertz CT molecular complexity index is 972. The van der Waals surface area contributed by atoms with Crippen molar-refractivity contribution in [2.75, 3.05) is 31.6 Å². The number of carbonyl (C=O) groups is 1. The minimum Gasteiger partial charge on any atom is -0.310 e.